The highest BCUT2D eigenvalue weighted by Gasteiger charge is 2.33. The fourth-order valence-corrected chi connectivity index (χ4v) is 5.74. The van der Waals surface area contributed by atoms with Gasteiger partial charge in [0.1, 0.15) is 16.9 Å². The number of morpholine rings is 1. The zero-order valence-corrected chi connectivity index (χ0v) is 21.2. The van der Waals surface area contributed by atoms with Gasteiger partial charge in [-0.3, -0.25) is 0 Å². The van der Waals surface area contributed by atoms with Crippen LogP contribution in [0.3, 0.4) is 0 Å². The van der Waals surface area contributed by atoms with Crippen LogP contribution >= 0.6 is 11.8 Å². The third kappa shape index (κ3) is 5.54. The maximum absolute atomic E-state index is 10.2. The van der Waals surface area contributed by atoms with Gasteiger partial charge < -0.3 is 14.4 Å². The number of nitrogens with zero attached hydrogens (tertiary/aromatic N) is 3. The summed E-state index contributed by atoms with van der Waals surface area (Å²) in [7, 11) is 0. The minimum absolute atomic E-state index is 0.132. The minimum atomic E-state index is 0.132. The second-order valence-corrected chi connectivity index (χ2v) is 10.8. The summed E-state index contributed by atoms with van der Waals surface area (Å²) in [5.41, 5.74) is 5.56. The summed E-state index contributed by atoms with van der Waals surface area (Å²) in [6, 6.07) is 11.2. The van der Waals surface area contributed by atoms with E-state index in [-0.39, 0.29) is 18.3 Å². The summed E-state index contributed by atoms with van der Waals surface area (Å²) < 4.78 is 12.2. The Labute approximate surface area is 202 Å². The first-order valence-corrected chi connectivity index (χ1v) is 13.0. The Balaban J connectivity index is 1.66. The van der Waals surface area contributed by atoms with Gasteiger partial charge in [0.15, 0.2) is 0 Å². The number of thioether (sulfide) groups is 1. The Morgan fingerprint density at radius 3 is 2.48 bits per heavy atom. The predicted molar refractivity (Wildman–Crippen MR) is 134 cm³/mol. The van der Waals surface area contributed by atoms with Crippen LogP contribution < -0.4 is 4.90 Å². The summed E-state index contributed by atoms with van der Waals surface area (Å²) in [5.74, 6) is 2.27. The van der Waals surface area contributed by atoms with Crippen molar-refractivity contribution in [1.29, 1.82) is 5.26 Å². The van der Waals surface area contributed by atoms with Crippen LogP contribution in [0.25, 0.3) is 0 Å². The maximum atomic E-state index is 10.2. The summed E-state index contributed by atoms with van der Waals surface area (Å²) >= 11 is 1.70. The van der Waals surface area contributed by atoms with E-state index in [0.717, 1.165) is 59.2 Å². The molecule has 4 rings (SSSR count). The molecule has 6 heteroatoms. The SMILES string of the molecule is Cc1ccc(CCSc2nc(N3CC(C)OC(C)C3)c3c(c2C#N)CC(C(C)C)OC3)cc1. The molecule has 1 aromatic carbocycles. The van der Waals surface area contributed by atoms with Crippen molar-refractivity contribution in [3.63, 3.8) is 0 Å². The Kier molecular flexibility index (Phi) is 7.63. The Morgan fingerprint density at radius 1 is 1.15 bits per heavy atom. The number of anilines is 1. The highest BCUT2D eigenvalue weighted by molar-refractivity contribution is 7.99. The Hall–Kier alpha value is -2.07. The van der Waals surface area contributed by atoms with E-state index in [2.05, 4.69) is 69.9 Å². The van der Waals surface area contributed by atoms with E-state index < -0.39 is 0 Å². The molecule has 1 saturated heterocycles. The number of pyridine rings is 1. The van der Waals surface area contributed by atoms with Crippen molar-refractivity contribution in [3.05, 3.63) is 52.1 Å². The largest absolute Gasteiger partial charge is 0.373 e. The van der Waals surface area contributed by atoms with E-state index in [1.54, 1.807) is 11.8 Å². The van der Waals surface area contributed by atoms with Gasteiger partial charge in [0.2, 0.25) is 0 Å². The molecule has 3 unspecified atom stereocenters. The monoisotopic (exact) mass is 465 g/mol. The Bertz CT molecular complexity index is 1010. The third-order valence-electron chi connectivity index (χ3n) is 6.53. The number of hydrogen-bond acceptors (Lipinski definition) is 6. The lowest BCUT2D eigenvalue weighted by molar-refractivity contribution is -0.00820. The number of hydrogen-bond donors (Lipinski definition) is 0. The van der Waals surface area contributed by atoms with E-state index in [0.29, 0.717) is 12.5 Å². The predicted octanol–water partition coefficient (Wildman–Crippen LogP) is 5.31. The second-order valence-electron chi connectivity index (χ2n) is 9.73. The zero-order valence-electron chi connectivity index (χ0n) is 20.4. The summed E-state index contributed by atoms with van der Waals surface area (Å²) in [5, 5.41) is 11.0. The molecular formula is C27H35N3O2S. The number of aryl methyl sites for hydroxylation is 2. The van der Waals surface area contributed by atoms with Crippen molar-refractivity contribution >= 4 is 17.6 Å². The van der Waals surface area contributed by atoms with Crippen LogP contribution in [0.5, 0.6) is 0 Å². The van der Waals surface area contributed by atoms with Crippen LogP contribution in [0.4, 0.5) is 5.82 Å². The number of fused-ring (bicyclic) bond motifs is 1. The van der Waals surface area contributed by atoms with Crippen molar-refractivity contribution < 1.29 is 9.47 Å². The van der Waals surface area contributed by atoms with Crippen molar-refractivity contribution in [1.82, 2.24) is 4.98 Å². The average Bonchev–Trinajstić information content (AvgIpc) is 2.78. The lowest BCUT2D eigenvalue weighted by Crippen LogP contribution is -2.46. The normalized spacial score (nSPS) is 22.8. The number of ether oxygens (including phenoxy) is 2. The van der Waals surface area contributed by atoms with Crippen LogP contribution in [0.15, 0.2) is 29.3 Å². The molecule has 3 heterocycles. The van der Waals surface area contributed by atoms with Crippen molar-refractivity contribution in [2.24, 2.45) is 5.92 Å². The maximum Gasteiger partial charge on any atom is 0.135 e. The minimum Gasteiger partial charge on any atom is -0.373 e. The average molecular weight is 466 g/mol. The van der Waals surface area contributed by atoms with Gasteiger partial charge in [-0.2, -0.15) is 5.26 Å². The molecule has 0 aliphatic carbocycles. The molecule has 2 aromatic rings. The molecule has 0 N–H and O–H groups in total. The molecular weight excluding hydrogens is 430 g/mol. The second kappa shape index (κ2) is 10.5. The van der Waals surface area contributed by atoms with Gasteiger partial charge in [0, 0.05) is 30.8 Å². The van der Waals surface area contributed by atoms with E-state index in [1.807, 2.05) is 0 Å². The molecule has 1 aromatic heterocycles. The van der Waals surface area contributed by atoms with Crippen LogP contribution in [0.1, 0.15) is 55.5 Å². The standard InChI is InChI=1S/C27H35N3O2S/c1-17(2)25-12-22-23(13-28)27(33-11-10-21-8-6-18(3)7-9-21)29-26(24(22)16-31-25)30-14-19(4)32-20(5)15-30/h6-9,17,19-20,25H,10-12,14-16H2,1-5H3. The zero-order chi connectivity index (χ0) is 23.5. The highest BCUT2D eigenvalue weighted by atomic mass is 32.2. The molecule has 0 radical (unpaired) electrons. The number of benzene rings is 1. The third-order valence-corrected chi connectivity index (χ3v) is 7.51. The number of rotatable bonds is 6. The quantitative estimate of drug-likeness (QED) is 0.539. The first kappa shape index (κ1) is 24.1. The lowest BCUT2D eigenvalue weighted by Gasteiger charge is -2.39. The van der Waals surface area contributed by atoms with Crippen molar-refractivity contribution in [2.75, 3.05) is 23.7 Å². The van der Waals surface area contributed by atoms with E-state index in [4.69, 9.17) is 14.5 Å². The smallest absolute Gasteiger partial charge is 0.135 e. The van der Waals surface area contributed by atoms with Crippen LogP contribution in [-0.2, 0) is 28.9 Å². The molecule has 0 saturated carbocycles. The topological polar surface area (TPSA) is 58.4 Å². The molecule has 3 atom stereocenters. The fraction of sp³-hybridized carbons (Fsp3) is 0.556. The molecule has 33 heavy (non-hydrogen) atoms. The van der Waals surface area contributed by atoms with Crippen LogP contribution in [0, 0.1) is 24.2 Å². The van der Waals surface area contributed by atoms with Gasteiger partial charge in [-0.15, -0.1) is 11.8 Å². The number of aromatic nitrogens is 1. The molecule has 1 fully saturated rings. The van der Waals surface area contributed by atoms with E-state index >= 15 is 0 Å². The van der Waals surface area contributed by atoms with Gasteiger partial charge >= 0.3 is 0 Å². The van der Waals surface area contributed by atoms with Gasteiger partial charge in [-0.05, 0) is 44.2 Å². The number of nitriles is 1. The van der Waals surface area contributed by atoms with Crippen molar-refractivity contribution in [3.8, 4) is 6.07 Å². The fourth-order valence-electron chi connectivity index (χ4n) is 4.74. The highest BCUT2D eigenvalue weighted by Crippen LogP contribution is 2.38. The molecule has 2 aliphatic heterocycles. The summed E-state index contributed by atoms with van der Waals surface area (Å²) in [6.07, 6.45) is 2.15. The van der Waals surface area contributed by atoms with Gasteiger partial charge in [-0.25, -0.2) is 4.98 Å². The van der Waals surface area contributed by atoms with Gasteiger partial charge in [0.05, 0.1) is 30.5 Å². The molecule has 5 nitrogen and oxygen atoms in total. The van der Waals surface area contributed by atoms with Gasteiger partial charge in [0.25, 0.3) is 0 Å². The molecule has 176 valence electrons. The van der Waals surface area contributed by atoms with Crippen LogP contribution in [0.2, 0.25) is 0 Å². The molecule has 0 spiro atoms. The summed E-state index contributed by atoms with van der Waals surface area (Å²) in [6.45, 7) is 12.8. The first-order chi connectivity index (χ1) is 15.9. The molecule has 0 bridgehead atoms. The molecule has 0 amide bonds. The lowest BCUT2D eigenvalue weighted by atomic mass is 9.91. The Morgan fingerprint density at radius 2 is 1.85 bits per heavy atom. The van der Waals surface area contributed by atoms with E-state index in [9.17, 15) is 5.26 Å². The van der Waals surface area contributed by atoms with Crippen molar-refractivity contribution in [2.45, 2.75) is 77.4 Å². The van der Waals surface area contributed by atoms with E-state index in [1.165, 1.54) is 11.1 Å². The first-order valence-electron chi connectivity index (χ1n) is 12.0. The molecule has 2 aliphatic rings. The van der Waals surface area contributed by atoms with Crippen LogP contribution in [-0.4, -0.2) is 42.1 Å². The van der Waals surface area contributed by atoms with Gasteiger partial charge in [-0.1, -0.05) is 43.7 Å². The summed E-state index contributed by atoms with van der Waals surface area (Å²) in [4.78, 5) is 7.43.